The number of fused-ring (bicyclic) bond motifs is 2. The van der Waals surface area contributed by atoms with Gasteiger partial charge in [-0.1, -0.05) is 118 Å². The van der Waals surface area contributed by atoms with Crippen LogP contribution in [0, 0.1) is 26.2 Å². The molecule has 0 amide bonds. The maximum atomic E-state index is 6.02. The van der Waals surface area contributed by atoms with Gasteiger partial charge in [-0.25, -0.2) is 0 Å². The Labute approximate surface area is 314 Å². The monoisotopic (exact) mass is 844 g/mol. The molecule has 0 aliphatic carbocycles. The van der Waals surface area contributed by atoms with E-state index >= 15 is 0 Å². The van der Waals surface area contributed by atoms with E-state index in [4.69, 9.17) is 9.40 Å². The normalized spacial score (nSPS) is 11.1. The minimum Gasteiger partial charge on any atom is -0.557 e. The molecule has 0 saturated carbocycles. The van der Waals surface area contributed by atoms with E-state index < -0.39 is 0 Å². The summed E-state index contributed by atoms with van der Waals surface area (Å²) in [6.45, 7) is 13.4. The van der Waals surface area contributed by atoms with Gasteiger partial charge >= 0.3 is 0 Å². The topological polar surface area (TPSA) is 43.9 Å². The van der Waals surface area contributed by atoms with Crippen molar-refractivity contribution in [2.75, 3.05) is 0 Å². The summed E-state index contributed by atoms with van der Waals surface area (Å²) in [5, 5.41) is 1.02. The zero-order chi connectivity index (χ0) is 34.8. The number of nitrogens with zero attached hydrogens (tertiary/aromatic N) is 3. The van der Waals surface area contributed by atoms with Gasteiger partial charge in [-0.15, -0.1) is 35.9 Å². The second-order valence-corrected chi connectivity index (χ2v) is 13.4. The molecule has 5 heteroatoms. The van der Waals surface area contributed by atoms with Gasteiger partial charge in [-0.05, 0) is 83.0 Å². The van der Waals surface area contributed by atoms with Crippen LogP contribution in [-0.2, 0) is 20.1 Å². The predicted octanol–water partition coefficient (Wildman–Crippen LogP) is 12.3. The fraction of sp³-hybridized carbons (Fsp3) is 0.174. The van der Waals surface area contributed by atoms with Crippen LogP contribution in [0.15, 0.2) is 132 Å². The number of aryl methyl sites for hydroxylation is 2. The molecule has 0 spiro atoms. The summed E-state index contributed by atoms with van der Waals surface area (Å²) < 4.78 is 8.36. The van der Waals surface area contributed by atoms with Crippen molar-refractivity contribution in [2.45, 2.75) is 53.4 Å². The van der Waals surface area contributed by atoms with Crippen molar-refractivity contribution in [3.05, 3.63) is 162 Å². The fourth-order valence-electron chi connectivity index (χ4n) is 6.83. The molecule has 0 unspecified atom stereocenters. The SMILES string of the molecule is Cc1cccc(C)c1-c1ccc2o[c-]c(-c3nc4ccccc4n3-c3c(C(C)C)cccc3C(C)C)c2c1.[Ir].[c-]1ccccc1-c1ccccn1. The van der Waals surface area contributed by atoms with Crippen LogP contribution in [0.2, 0.25) is 0 Å². The van der Waals surface area contributed by atoms with Gasteiger partial charge in [0.15, 0.2) is 0 Å². The van der Waals surface area contributed by atoms with Crippen LogP contribution in [0.4, 0.5) is 0 Å². The molecule has 3 aromatic heterocycles. The first-order valence-corrected chi connectivity index (χ1v) is 17.3. The van der Waals surface area contributed by atoms with Gasteiger partial charge in [0.05, 0.1) is 16.9 Å². The van der Waals surface area contributed by atoms with Crippen LogP contribution in [0.25, 0.3) is 61.5 Å². The smallest absolute Gasteiger partial charge is 0.0774 e. The predicted molar refractivity (Wildman–Crippen MR) is 207 cm³/mol. The van der Waals surface area contributed by atoms with Crippen molar-refractivity contribution < 1.29 is 24.5 Å². The quantitative estimate of drug-likeness (QED) is 0.157. The van der Waals surface area contributed by atoms with Crippen LogP contribution >= 0.6 is 0 Å². The Balaban J connectivity index is 0.000000291. The number of furan rings is 1. The third-order valence-electron chi connectivity index (χ3n) is 9.28. The number of imidazole rings is 1. The van der Waals surface area contributed by atoms with E-state index in [0.717, 1.165) is 44.6 Å². The molecule has 0 fully saturated rings. The maximum absolute atomic E-state index is 6.02. The molecule has 257 valence electrons. The zero-order valence-corrected chi connectivity index (χ0v) is 32.3. The molecule has 0 atom stereocenters. The van der Waals surface area contributed by atoms with Gasteiger partial charge in [0.2, 0.25) is 0 Å². The number of pyridine rings is 1. The molecule has 0 aliphatic heterocycles. The van der Waals surface area contributed by atoms with Gasteiger partial charge in [-0.3, -0.25) is 4.98 Å². The number of rotatable bonds is 6. The van der Waals surface area contributed by atoms with Crippen molar-refractivity contribution in [1.29, 1.82) is 0 Å². The van der Waals surface area contributed by atoms with Crippen LogP contribution in [0.3, 0.4) is 0 Å². The minimum atomic E-state index is 0. The van der Waals surface area contributed by atoms with E-state index in [0.29, 0.717) is 11.8 Å². The van der Waals surface area contributed by atoms with Crippen LogP contribution in [-0.4, -0.2) is 14.5 Å². The van der Waals surface area contributed by atoms with E-state index in [1.807, 2.05) is 42.5 Å². The summed E-state index contributed by atoms with van der Waals surface area (Å²) >= 11 is 0. The molecular weight excluding hydrogens is 803 g/mol. The summed E-state index contributed by atoms with van der Waals surface area (Å²) in [5.41, 5.74) is 14.6. The number of hydrogen-bond donors (Lipinski definition) is 0. The van der Waals surface area contributed by atoms with E-state index in [1.165, 1.54) is 39.1 Å². The summed E-state index contributed by atoms with van der Waals surface area (Å²) in [5.74, 6) is 1.58. The fourth-order valence-corrected chi connectivity index (χ4v) is 6.83. The first kappa shape index (κ1) is 35.7. The molecule has 8 aromatic rings. The molecule has 0 saturated heterocycles. The van der Waals surface area contributed by atoms with Gasteiger partial charge in [0, 0.05) is 43.8 Å². The minimum absolute atomic E-state index is 0. The molecule has 1 radical (unpaired) electrons. The molecule has 0 bridgehead atoms. The number of aromatic nitrogens is 3. The van der Waals surface area contributed by atoms with Gasteiger partial charge < -0.3 is 14.0 Å². The van der Waals surface area contributed by atoms with E-state index in [9.17, 15) is 0 Å². The summed E-state index contributed by atoms with van der Waals surface area (Å²) in [6, 6.07) is 44.8. The Bertz CT molecular complexity index is 2320. The second kappa shape index (κ2) is 15.4. The molecule has 51 heavy (non-hydrogen) atoms. The third kappa shape index (κ3) is 7.10. The molecule has 0 aliphatic rings. The summed E-state index contributed by atoms with van der Waals surface area (Å²) in [4.78, 5) is 9.41. The maximum Gasteiger partial charge on any atom is 0.0774 e. The standard InChI is InChI=1S/C35H33N2O.C11H8N.Ir/c1-21(2)26-13-10-14-27(22(3)4)34(26)37-31-16-8-7-15-30(31)36-35(37)29-20-38-32-18-17-25(19-28(29)32)33-23(5)11-9-12-24(33)6;1-2-6-10(7-3-1)11-8-4-5-9-12-11;/h7-19,21-22H,1-6H3;1-6,8-9H;/q2*-1;. The first-order valence-electron chi connectivity index (χ1n) is 17.3. The average Bonchev–Trinajstić information content (AvgIpc) is 3.73. The first-order chi connectivity index (χ1) is 24.3. The van der Waals surface area contributed by atoms with E-state index in [1.54, 1.807) is 6.20 Å². The van der Waals surface area contributed by atoms with Crippen LogP contribution in [0.1, 0.15) is 61.8 Å². The van der Waals surface area contributed by atoms with Crippen molar-refractivity contribution in [3.63, 3.8) is 0 Å². The van der Waals surface area contributed by atoms with Crippen LogP contribution < -0.4 is 0 Å². The molecular formula is C46H41IrN3O-2. The van der Waals surface area contributed by atoms with Crippen molar-refractivity contribution in [3.8, 4) is 39.5 Å². The van der Waals surface area contributed by atoms with Crippen LogP contribution in [0.5, 0.6) is 0 Å². The Kier molecular flexibility index (Phi) is 10.8. The Hall–Kier alpha value is -5.09. The van der Waals surface area contributed by atoms with Gasteiger partial charge in [-0.2, -0.15) is 0 Å². The molecule has 0 N–H and O–H groups in total. The van der Waals surface area contributed by atoms with Crippen molar-refractivity contribution >= 4 is 22.0 Å². The Morgan fingerprint density at radius 2 is 1.39 bits per heavy atom. The largest absolute Gasteiger partial charge is 0.557 e. The number of benzene rings is 5. The van der Waals surface area contributed by atoms with Gasteiger partial charge in [0.1, 0.15) is 0 Å². The molecule has 4 nitrogen and oxygen atoms in total. The average molecular weight is 844 g/mol. The number of hydrogen-bond acceptors (Lipinski definition) is 3. The van der Waals surface area contributed by atoms with Crippen molar-refractivity contribution in [1.82, 2.24) is 14.5 Å². The van der Waals surface area contributed by atoms with E-state index in [2.05, 4.69) is 142 Å². The zero-order valence-electron chi connectivity index (χ0n) is 29.9. The molecule has 5 aromatic carbocycles. The molecule has 8 rings (SSSR count). The van der Waals surface area contributed by atoms with Crippen molar-refractivity contribution in [2.24, 2.45) is 0 Å². The van der Waals surface area contributed by atoms with Gasteiger partial charge in [0.25, 0.3) is 0 Å². The summed E-state index contributed by atoms with van der Waals surface area (Å²) in [7, 11) is 0. The number of para-hydroxylation sites is 3. The Morgan fingerprint density at radius 1 is 0.706 bits per heavy atom. The van der Waals surface area contributed by atoms with E-state index in [-0.39, 0.29) is 20.1 Å². The molecule has 3 heterocycles. The second-order valence-electron chi connectivity index (χ2n) is 13.4. The summed E-state index contributed by atoms with van der Waals surface area (Å²) in [6.07, 6.45) is 5.04. The Morgan fingerprint density at radius 3 is 2.06 bits per heavy atom. The third-order valence-corrected chi connectivity index (χ3v) is 9.28.